The third-order valence-electron chi connectivity index (χ3n) is 7.24. The van der Waals surface area contributed by atoms with Crippen molar-refractivity contribution in [3.8, 4) is 29.4 Å². The molecule has 0 bridgehead atoms. The molecule has 45 heavy (non-hydrogen) atoms. The Hall–Kier alpha value is -5.44. The Bertz CT molecular complexity index is 1800. The van der Waals surface area contributed by atoms with E-state index in [9.17, 15) is 10.5 Å². The van der Waals surface area contributed by atoms with Crippen LogP contribution in [0.5, 0.6) is 17.2 Å². The van der Waals surface area contributed by atoms with Gasteiger partial charge in [-0.25, -0.2) is 0 Å². The van der Waals surface area contributed by atoms with Gasteiger partial charge in [0.2, 0.25) is 0 Å². The molecule has 7 nitrogen and oxygen atoms in total. The number of anilines is 2. The molecule has 1 heterocycles. The molecule has 8 heteroatoms. The molecule has 224 valence electrons. The summed E-state index contributed by atoms with van der Waals surface area (Å²) < 4.78 is 15.5. The number of benzene rings is 4. The average Bonchev–Trinajstić information content (AvgIpc) is 3.07. The summed E-state index contributed by atoms with van der Waals surface area (Å²) >= 11 is 1.57. The van der Waals surface area contributed by atoms with E-state index < -0.39 is 0 Å². The molecule has 5 aromatic rings. The van der Waals surface area contributed by atoms with Crippen LogP contribution < -0.4 is 19.1 Å². The molecule has 0 aliphatic heterocycles. The molecule has 1 N–H and O–H groups in total. The first-order valence-electron chi connectivity index (χ1n) is 14.5. The Morgan fingerprint density at radius 2 is 1.49 bits per heavy atom. The standard InChI is InChI=1S/C37H33N5O2S/c1-27-36(41-45-2)6-3-7-37(27)42(25-30-10-8-28(22-38)9-11-30)26-31-12-14-33(15-13-31)44-35-20-32(23-39)19-34(21-35)43-18-16-29-5-4-17-40-24-29/h3-15,17,19-21,24,41H,16,18,25-26H2,1-2H3. The second-order valence-electron chi connectivity index (χ2n) is 10.4. The SMILES string of the molecule is CSNc1cccc(N(Cc2ccc(C#N)cc2)Cc2ccc(Oc3cc(C#N)cc(OCCc4cccnc4)c3)cc2)c1C. The maximum atomic E-state index is 9.58. The highest BCUT2D eigenvalue weighted by Crippen LogP contribution is 2.32. The highest BCUT2D eigenvalue weighted by Gasteiger charge is 2.14. The van der Waals surface area contributed by atoms with Crippen LogP contribution in [0.3, 0.4) is 0 Å². The van der Waals surface area contributed by atoms with Crippen LogP contribution in [-0.2, 0) is 19.5 Å². The molecule has 0 unspecified atom stereocenters. The maximum Gasteiger partial charge on any atom is 0.132 e. The van der Waals surface area contributed by atoms with Crippen molar-refractivity contribution < 1.29 is 9.47 Å². The zero-order valence-electron chi connectivity index (χ0n) is 25.2. The number of aromatic nitrogens is 1. The Balaban J connectivity index is 1.31. The van der Waals surface area contributed by atoms with Gasteiger partial charge in [0, 0.05) is 55.6 Å². The first-order valence-corrected chi connectivity index (χ1v) is 15.7. The quantitative estimate of drug-likeness (QED) is 0.133. The predicted molar refractivity (Wildman–Crippen MR) is 180 cm³/mol. The van der Waals surface area contributed by atoms with Gasteiger partial charge in [-0.05, 0) is 83.8 Å². The van der Waals surface area contributed by atoms with Gasteiger partial charge in [-0.1, -0.05) is 48.3 Å². The minimum atomic E-state index is 0.462. The molecule has 0 fully saturated rings. The van der Waals surface area contributed by atoms with E-state index in [4.69, 9.17) is 9.47 Å². The van der Waals surface area contributed by atoms with Crippen molar-refractivity contribution >= 4 is 23.3 Å². The van der Waals surface area contributed by atoms with Crippen LogP contribution in [0.2, 0.25) is 0 Å². The molecule has 0 atom stereocenters. The molecular weight excluding hydrogens is 579 g/mol. The minimum Gasteiger partial charge on any atom is -0.493 e. The molecule has 0 aliphatic carbocycles. The fourth-order valence-electron chi connectivity index (χ4n) is 4.95. The van der Waals surface area contributed by atoms with Crippen molar-refractivity contribution in [3.63, 3.8) is 0 Å². The first-order chi connectivity index (χ1) is 22.0. The number of nitrogens with one attached hydrogen (secondary N) is 1. The van der Waals surface area contributed by atoms with Crippen LogP contribution in [0.25, 0.3) is 0 Å². The largest absolute Gasteiger partial charge is 0.493 e. The van der Waals surface area contributed by atoms with E-state index in [1.54, 1.807) is 36.3 Å². The maximum absolute atomic E-state index is 9.58. The van der Waals surface area contributed by atoms with Crippen LogP contribution >= 0.6 is 11.9 Å². The summed E-state index contributed by atoms with van der Waals surface area (Å²) in [6.45, 7) is 3.94. The monoisotopic (exact) mass is 611 g/mol. The summed E-state index contributed by atoms with van der Waals surface area (Å²) in [5, 5.41) is 18.8. The highest BCUT2D eigenvalue weighted by molar-refractivity contribution is 7.99. The summed E-state index contributed by atoms with van der Waals surface area (Å²) in [5.74, 6) is 1.78. The molecule has 5 rings (SSSR count). The number of hydrogen-bond donors (Lipinski definition) is 1. The van der Waals surface area contributed by atoms with E-state index in [0.717, 1.165) is 33.6 Å². The van der Waals surface area contributed by atoms with Gasteiger partial charge < -0.3 is 19.1 Å². The minimum absolute atomic E-state index is 0.462. The van der Waals surface area contributed by atoms with E-state index in [0.29, 0.717) is 54.5 Å². The van der Waals surface area contributed by atoms with Gasteiger partial charge >= 0.3 is 0 Å². The number of nitriles is 2. The van der Waals surface area contributed by atoms with Gasteiger partial charge in [-0.3, -0.25) is 4.98 Å². The number of hydrogen-bond acceptors (Lipinski definition) is 8. The summed E-state index contributed by atoms with van der Waals surface area (Å²) in [6.07, 6.45) is 6.29. The number of nitrogens with zero attached hydrogens (tertiary/aromatic N) is 4. The van der Waals surface area contributed by atoms with Crippen LogP contribution in [0.1, 0.15) is 33.4 Å². The normalized spacial score (nSPS) is 10.4. The lowest BCUT2D eigenvalue weighted by Gasteiger charge is -2.28. The van der Waals surface area contributed by atoms with Crippen molar-refractivity contribution in [2.45, 2.75) is 26.4 Å². The van der Waals surface area contributed by atoms with E-state index in [2.05, 4.69) is 64.0 Å². The van der Waals surface area contributed by atoms with E-state index in [-0.39, 0.29) is 0 Å². The number of rotatable bonds is 13. The first kappa shape index (κ1) is 31.0. The molecule has 0 saturated heterocycles. The molecule has 4 aromatic carbocycles. The van der Waals surface area contributed by atoms with Gasteiger partial charge in [0.25, 0.3) is 0 Å². The lowest BCUT2D eigenvalue weighted by atomic mass is 10.1. The van der Waals surface area contributed by atoms with Crippen molar-refractivity contribution in [2.75, 3.05) is 22.5 Å². The number of pyridine rings is 1. The molecule has 1 aromatic heterocycles. The topological polar surface area (TPSA) is 94.2 Å². The van der Waals surface area contributed by atoms with Crippen LogP contribution in [0.4, 0.5) is 11.4 Å². The molecule has 0 radical (unpaired) electrons. The smallest absolute Gasteiger partial charge is 0.132 e. The van der Waals surface area contributed by atoms with Gasteiger partial charge in [0.15, 0.2) is 0 Å². The van der Waals surface area contributed by atoms with Gasteiger partial charge in [-0.2, -0.15) is 10.5 Å². The van der Waals surface area contributed by atoms with Gasteiger partial charge in [0.1, 0.15) is 17.2 Å². The van der Waals surface area contributed by atoms with Gasteiger partial charge in [0.05, 0.1) is 29.9 Å². The van der Waals surface area contributed by atoms with Crippen molar-refractivity contribution in [2.24, 2.45) is 0 Å². The predicted octanol–water partition coefficient (Wildman–Crippen LogP) is 8.44. The lowest BCUT2D eigenvalue weighted by molar-refractivity contribution is 0.320. The van der Waals surface area contributed by atoms with Crippen molar-refractivity contribution in [1.82, 2.24) is 4.98 Å². The molecule has 0 saturated carbocycles. The second kappa shape index (κ2) is 15.3. The fourth-order valence-corrected chi connectivity index (χ4v) is 5.39. The van der Waals surface area contributed by atoms with Crippen molar-refractivity contribution in [3.05, 3.63) is 143 Å². The Morgan fingerprint density at radius 3 is 2.16 bits per heavy atom. The Kier molecular flexibility index (Phi) is 10.6. The Labute approximate surface area is 268 Å². The van der Waals surface area contributed by atoms with Crippen LogP contribution in [-0.4, -0.2) is 17.8 Å². The molecule has 0 amide bonds. The van der Waals surface area contributed by atoms with E-state index in [1.807, 2.05) is 61.0 Å². The summed E-state index contributed by atoms with van der Waals surface area (Å²) in [5.41, 5.74) is 7.80. The molecule has 0 spiro atoms. The number of ether oxygens (including phenoxy) is 2. The van der Waals surface area contributed by atoms with E-state index >= 15 is 0 Å². The zero-order valence-corrected chi connectivity index (χ0v) is 26.1. The lowest BCUT2D eigenvalue weighted by Crippen LogP contribution is -2.23. The Morgan fingerprint density at radius 1 is 0.778 bits per heavy atom. The summed E-state index contributed by atoms with van der Waals surface area (Å²) in [6, 6.07) is 35.5. The second-order valence-corrected chi connectivity index (χ2v) is 11.0. The van der Waals surface area contributed by atoms with Crippen LogP contribution in [0.15, 0.2) is 109 Å². The average molecular weight is 612 g/mol. The highest BCUT2D eigenvalue weighted by atomic mass is 32.2. The summed E-state index contributed by atoms with van der Waals surface area (Å²) in [4.78, 5) is 6.48. The third-order valence-corrected chi connectivity index (χ3v) is 7.66. The summed E-state index contributed by atoms with van der Waals surface area (Å²) in [7, 11) is 0. The third kappa shape index (κ3) is 8.57. The fraction of sp³-hybridized carbons (Fsp3) is 0.162. The zero-order chi connectivity index (χ0) is 31.4. The van der Waals surface area contributed by atoms with Crippen LogP contribution in [0, 0.1) is 29.6 Å². The van der Waals surface area contributed by atoms with Gasteiger partial charge in [-0.15, -0.1) is 0 Å². The van der Waals surface area contributed by atoms with Crippen molar-refractivity contribution in [1.29, 1.82) is 10.5 Å². The molecular formula is C37H33N5O2S. The van der Waals surface area contributed by atoms with E-state index in [1.165, 1.54) is 0 Å². The molecule has 0 aliphatic rings.